The van der Waals surface area contributed by atoms with E-state index in [9.17, 15) is 4.39 Å². The van der Waals surface area contributed by atoms with Crippen molar-refractivity contribution >= 4 is 0 Å². The molecule has 2 rings (SSSR count). The van der Waals surface area contributed by atoms with Crippen LogP contribution in [0.4, 0.5) is 4.39 Å². The second-order valence-corrected chi connectivity index (χ2v) is 5.30. The molecule has 0 bridgehead atoms. The van der Waals surface area contributed by atoms with E-state index < -0.39 is 0 Å². The minimum absolute atomic E-state index is 0.137. The summed E-state index contributed by atoms with van der Waals surface area (Å²) in [6.45, 7) is 8.95. The van der Waals surface area contributed by atoms with Gasteiger partial charge in [0.2, 0.25) is 0 Å². The minimum Gasteiger partial charge on any atom is -0.298 e. The van der Waals surface area contributed by atoms with Crippen molar-refractivity contribution in [2.24, 2.45) is 0 Å². The lowest BCUT2D eigenvalue weighted by Gasteiger charge is -2.37. The van der Waals surface area contributed by atoms with Crippen LogP contribution in [0.1, 0.15) is 25.0 Å². The van der Waals surface area contributed by atoms with Gasteiger partial charge in [-0.15, -0.1) is 0 Å². The fourth-order valence-corrected chi connectivity index (χ4v) is 2.47. The van der Waals surface area contributed by atoms with Gasteiger partial charge in [0, 0.05) is 44.3 Å². The normalized spacial score (nSPS) is 17.6. The number of nitrogens with zero attached hydrogens (tertiary/aromatic N) is 3. The summed E-state index contributed by atoms with van der Waals surface area (Å²) in [6, 6.07) is 7.51. The summed E-state index contributed by atoms with van der Waals surface area (Å²) < 4.78 is 14.0. The predicted molar refractivity (Wildman–Crippen MR) is 73.1 cm³/mol. The molecule has 3 nitrogen and oxygen atoms in total. The summed E-state index contributed by atoms with van der Waals surface area (Å²) in [5.74, 6) is -0.365. The molecule has 0 amide bonds. The average Bonchev–Trinajstić information content (AvgIpc) is 2.42. The molecule has 1 fully saturated rings. The molecule has 1 saturated heterocycles. The summed E-state index contributed by atoms with van der Waals surface area (Å²) in [7, 11) is 0. The van der Waals surface area contributed by atoms with Crippen LogP contribution in [-0.4, -0.2) is 42.0 Å². The first kappa shape index (κ1) is 14.0. The maximum absolute atomic E-state index is 14.0. The Hall–Kier alpha value is -1.44. The number of benzene rings is 1. The molecule has 0 unspecified atom stereocenters. The van der Waals surface area contributed by atoms with Gasteiger partial charge < -0.3 is 0 Å². The van der Waals surface area contributed by atoms with E-state index in [0.717, 1.165) is 26.2 Å². The van der Waals surface area contributed by atoms with E-state index in [1.807, 2.05) is 6.07 Å². The Bertz CT molecular complexity index is 471. The van der Waals surface area contributed by atoms with Gasteiger partial charge in [-0.3, -0.25) is 9.80 Å². The third-order valence-corrected chi connectivity index (χ3v) is 3.73. The highest BCUT2D eigenvalue weighted by molar-refractivity contribution is 5.34. The molecule has 1 aromatic carbocycles. The second-order valence-electron chi connectivity index (χ2n) is 5.30. The van der Waals surface area contributed by atoms with Crippen LogP contribution in [0.5, 0.6) is 0 Å². The van der Waals surface area contributed by atoms with Gasteiger partial charge in [0.25, 0.3) is 0 Å². The first-order valence-corrected chi connectivity index (χ1v) is 6.75. The SMILES string of the molecule is CC(C)N1CCN(Cc2cccc(C#N)c2F)CC1. The highest BCUT2D eigenvalue weighted by Crippen LogP contribution is 2.16. The van der Waals surface area contributed by atoms with Crippen molar-refractivity contribution in [3.63, 3.8) is 0 Å². The standard InChI is InChI=1S/C15H20FN3/c1-12(2)19-8-6-18(7-9-19)11-14-5-3-4-13(10-17)15(14)16/h3-5,12H,6-9,11H2,1-2H3. The van der Waals surface area contributed by atoms with Crippen molar-refractivity contribution in [2.75, 3.05) is 26.2 Å². The Kier molecular flexibility index (Phi) is 4.52. The highest BCUT2D eigenvalue weighted by atomic mass is 19.1. The zero-order valence-corrected chi connectivity index (χ0v) is 11.6. The number of piperazine rings is 1. The monoisotopic (exact) mass is 261 g/mol. The van der Waals surface area contributed by atoms with Crippen LogP contribution in [0, 0.1) is 17.1 Å². The fourth-order valence-electron chi connectivity index (χ4n) is 2.47. The number of nitriles is 1. The van der Waals surface area contributed by atoms with Crippen LogP contribution in [0.2, 0.25) is 0 Å². The molecule has 102 valence electrons. The van der Waals surface area contributed by atoms with Crippen LogP contribution in [0.25, 0.3) is 0 Å². The quantitative estimate of drug-likeness (QED) is 0.836. The van der Waals surface area contributed by atoms with Gasteiger partial charge >= 0.3 is 0 Å². The smallest absolute Gasteiger partial charge is 0.145 e. The Morgan fingerprint density at radius 2 is 1.95 bits per heavy atom. The van der Waals surface area contributed by atoms with E-state index in [4.69, 9.17) is 5.26 Å². The third kappa shape index (κ3) is 3.31. The van der Waals surface area contributed by atoms with Gasteiger partial charge in [-0.2, -0.15) is 5.26 Å². The second kappa shape index (κ2) is 6.14. The van der Waals surface area contributed by atoms with Crippen LogP contribution in [-0.2, 0) is 6.54 Å². The first-order chi connectivity index (χ1) is 9.11. The highest BCUT2D eigenvalue weighted by Gasteiger charge is 2.20. The van der Waals surface area contributed by atoms with Crippen molar-refractivity contribution < 1.29 is 4.39 Å². The molecule has 1 aromatic rings. The Morgan fingerprint density at radius 1 is 1.26 bits per heavy atom. The van der Waals surface area contributed by atoms with E-state index in [1.165, 1.54) is 6.07 Å². The number of hydrogen-bond acceptors (Lipinski definition) is 3. The largest absolute Gasteiger partial charge is 0.298 e. The number of hydrogen-bond donors (Lipinski definition) is 0. The van der Waals surface area contributed by atoms with Gasteiger partial charge in [0.15, 0.2) is 0 Å². The van der Waals surface area contributed by atoms with Crippen LogP contribution >= 0.6 is 0 Å². The molecule has 1 aliphatic rings. The van der Waals surface area contributed by atoms with Crippen LogP contribution < -0.4 is 0 Å². The van der Waals surface area contributed by atoms with Gasteiger partial charge in [0.1, 0.15) is 11.9 Å². The van der Waals surface area contributed by atoms with E-state index in [2.05, 4.69) is 23.6 Å². The number of rotatable bonds is 3. The van der Waals surface area contributed by atoms with Gasteiger partial charge in [-0.1, -0.05) is 12.1 Å². The van der Waals surface area contributed by atoms with E-state index in [1.54, 1.807) is 12.1 Å². The topological polar surface area (TPSA) is 30.3 Å². The molecule has 0 atom stereocenters. The molecular formula is C15H20FN3. The summed E-state index contributed by atoms with van der Waals surface area (Å²) >= 11 is 0. The van der Waals surface area contributed by atoms with Crippen molar-refractivity contribution in [1.82, 2.24) is 9.80 Å². The minimum atomic E-state index is -0.365. The predicted octanol–water partition coefficient (Wildman–Crippen LogP) is 2.22. The van der Waals surface area contributed by atoms with Crippen molar-refractivity contribution in [3.8, 4) is 6.07 Å². The molecule has 0 N–H and O–H groups in total. The van der Waals surface area contributed by atoms with Crippen molar-refractivity contribution in [1.29, 1.82) is 5.26 Å². The Labute approximate surface area is 114 Å². The Balaban J connectivity index is 1.98. The molecule has 19 heavy (non-hydrogen) atoms. The maximum Gasteiger partial charge on any atom is 0.145 e. The van der Waals surface area contributed by atoms with Crippen molar-refractivity contribution in [3.05, 3.63) is 35.1 Å². The first-order valence-electron chi connectivity index (χ1n) is 6.75. The third-order valence-electron chi connectivity index (χ3n) is 3.73. The molecule has 0 aromatic heterocycles. The molecule has 0 spiro atoms. The molecule has 0 aliphatic carbocycles. The van der Waals surface area contributed by atoms with Gasteiger partial charge in [0.05, 0.1) is 5.56 Å². The molecule has 0 radical (unpaired) electrons. The summed E-state index contributed by atoms with van der Waals surface area (Å²) in [6.07, 6.45) is 0. The van der Waals surface area contributed by atoms with E-state index >= 15 is 0 Å². The number of halogens is 1. The summed E-state index contributed by atoms with van der Waals surface area (Å²) in [4.78, 5) is 4.68. The van der Waals surface area contributed by atoms with Crippen LogP contribution in [0.3, 0.4) is 0 Å². The van der Waals surface area contributed by atoms with Gasteiger partial charge in [-0.05, 0) is 19.9 Å². The maximum atomic E-state index is 14.0. The molecule has 1 aliphatic heterocycles. The zero-order valence-electron chi connectivity index (χ0n) is 11.6. The van der Waals surface area contributed by atoms with E-state index in [0.29, 0.717) is 18.2 Å². The van der Waals surface area contributed by atoms with Gasteiger partial charge in [-0.25, -0.2) is 4.39 Å². The molecule has 1 heterocycles. The average molecular weight is 261 g/mol. The summed E-state index contributed by atoms with van der Waals surface area (Å²) in [5.41, 5.74) is 0.760. The molecule has 4 heteroatoms. The molecular weight excluding hydrogens is 241 g/mol. The Morgan fingerprint density at radius 3 is 2.53 bits per heavy atom. The lowest BCUT2D eigenvalue weighted by Crippen LogP contribution is -2.48. The fraction of sp³-hybridized carbons (Fsp3) is 0.533. The van der Waals surface area contributed by atoms with Crippen LogP contribution in [0.15, 0.2) is 18.2 Å². The van der Waals surface area contributed by atoms with Crippen molar-refractivity contribution in [2.45, 2.75) is 26.4 Å². The summed E-state index contributed by atoms with van der Waals surface area (Å²) in [5, 5.41) is 8.83. The zero-order chi connectivity index (χ0) is 13.8. The lowest BCUT2D eigenvalue weighted by atomic mass is 10.1. The van der Waals surface area contributed by atoms with E-state index in [-0.39, 0.29) is 11.4 Å². The molecule has 0 saturated carbocycles. The lowest BCUT2D eigenvalue weighted by molar-refractivity contribution is 0.103.